The van der Waals surface area contributed by atoms with Gasteiger partial charge in [0.1, 0.15) is 5.60 Å². The summed E-state index contributed by atoms with van der Waals surface area (Å²) in [5.41, 5.74) is -0.544. The molecule has 6 heteroatoms. The van der Waals surface area contributed by atoms with Gasteiger partial charge in [-0.15, -0.1) is 0 Å². The van der Waals surface area contributed by atoms with E-state index in [9.17, 15) is 18.0 Å². The van der Waals surface area contributed by atoms with Gasteiger partial charge in [-0.05, 0) is 56.3 Å². The molecule has 0 N–H and O–H groups in total. The zero-order valence-corrected chi connectivity index (χ0v) is 10.5. The summed E-state index contributed by atoms with van der Waals surface area (Å²) in [5.74, 6) is 1.71. The molecule has 0 amide bonds. The fourth-order valence-corrected chi connectivity index (χ4v) is 4.50. The molecule has 0 spiro atoms. The summed E-state index contributed by atoms with van der Waals surface area (Å²) in [6.45, 7) is -1.57. The largest absolute Gasteiger partial charge is 0.509 e. The molecule has 0 atom stereocenters. The standard InChI is InChI=1S/C13H17F3O3/c14-13(15,16)7-18-11(17)19-12-4-8-1-9(5-12)3-10(2-8)6-12/h8-10H,1-7H2. The van der Waals surface area contributed by atoms with Crippen molar-refractivity contribution >= 4 is 6.16 Å². The first-order chi connectivity index (χ1) is 8.84. The maximum atomic E-state index is 12.0. The monoisotopic (exact) mass is 278 g/mol. The maximum absolute atomic E-state index is 12.0. The highest BCUT2D eigenvalue weighted by Crippen LogP contribution is 2.57. The van der Waals surface area contributed by atoms with E-state index in [2.05, 4.69) is 4.74 Å². The van der Waals surface area contributed by atoms with Gasteiger partial charge in [-0.1, -0.05) is 0 Å². The smallest absolute Gasteiger partial charge is 0.428 e. The van der Waals surface area contributed by atoms with Crippen LogP contribution in [0.4, 0.5) is 18.0 Å². The Morgan fingerprint density at radius 1 is 1.05 bits per heavy atom. The Morgan fingerprint density at radius 2 is 1.53 bits per heavy atom. The van der Waals surface area contributed by atoms with Crippen molar-refractivity contribution in [2.24, 2.45) is 17.8 Å². The summed E-state index contributed by atoms with van der Waals surface area (Å²) in [5, 5.41) is 0. The van der Waals surface area contributed by atoms with Gasteiger partial charge in [0.25, 0.3) is 0 Å². The molecule has 4 fully saturated rings. The molecule has 0 heterocycles. The zero-order valence-electron chi connectivity index (χ0n) is 10.5. The van der Waals surface area contributed by atoms with Crippen LogP contribution in [-0.4, -0.2) is 24.5 Å². The molecule has 19 heavy (non-hydrogen) atoms. The molecule has 0 saturated heterocycles. The zero-order chi connectivity index (χ0) is 13.7. The van der Waals surface area contributed by atoms with Gasteiger partial charge in [0.05, 0.1) is 0 Å². The van der Waals surface area contributed by atoms with Crippen LogP contribution < -0.4 is 0 Å². The lowest BCUT2D eigenvalue weighted by Gasteiger charge is -2.55. The van der Waals surface area contributed by atoms with Crippen LogP contribution in [-0.2, 0) is 9.47 Å². The fraction of sp³-hybridized carbons (Fsp3) is 0.923. The number of carbonyl (C=O) groups excluding carboxylic acids is 1. The van der Waals surface area contributed by atoms with Crippen LogP contribution in [0.3, 0.4) is 0 Å². The molecule has 4 aliphatic rings. The topological polar surface area (TPSA) is 35.5 Å². The van der Waals surface area contributed by atoms with Crippen LogP contribution in [0, 0.1) is 17.8 Å². The lowest BCUT2D eigenvalue weighted by atomic mass is 9.54. The predicted octanol–water partition coefficient (Wildman–Crippen LogP) is 3.67. The number of alkyl halides is 3. The average molecular weight is 278 g/mol. The highest BCUT2D eigenvalue weighted by molar-refractivity contribution is 5.60. The number of hydrogen-bond acceptors (Lipinski definition) is 3. The summed E-state index contributed by atoms with van der Waals surface area (Å²) < 4.78 is 45.4. The molecule has 4 aliphatic carbocycles. The van der Waals surface area contributed by atoms with E-state index in [1.165, 1.54) is 19.3 Å². The second-order valence-electron chi connectivity index (χ2n) is 6.36. The molecule has 0 radical (unpaired) electrons. The average Bonchev–Trinajstić information content (AvgIpc) is 2.22. The Morgan fingerprint density at radius 3 is 1.95 bits per heavy atom. The van der Waals surface area contributed by atoms with Gasteiger partial charge in [0.2, 0.25) is 0 Å². The molecule has 4 rings (SSSR count). The van der Waals surface area contributed by atoms with E-state index in [1.807, 2.05) is 0 Å². The summed E-state index contributed by atoms with van der Waals surface area (Å²) in [4.78, 5) is 11.4. The minimum absolute atomic E-state index is 0.544. The number of carbonyl (C=O) groups is 1. The minimum Gasteiger partial charge on any atom is -0.428 e. The van der Waals surface area contributed by atoms with Gasteiger partial charge in [-0.2, -0.15) is 13.2 Å². The van der Waals surface area contributed by atoms with Crippen molar-refractivity contribution < 1.29 is 27.4 Å². The minimum atomic E-state index is -4.50. The molecule has 0 aromatic heterocycles. The number of halogens is 3. The summed E-state index contributed by atoms with van der Waals surface area (Å²) in [6, 6.07) is 0. The van der Waals surface area contributed by atoms with E-state index in [-0.39, 0.29) is 0 Å². The third-order valence-electron chi connectivity index (χ3n) is 4.64. The molecule has 4 saturated carbocycles. The quantitative estimate of drug-likeness (QED) is 0.723. The number of ether oxygens (including phenoxy) is 2. The second kappa shape index (κ2) is 4.28. The van der Waals surface area contributed by atoms with E-state index in [0.717, 1.165) is 19.3 Å². The van der Waals surface area contributed by atoms with Crippen LogP contribution in [0.2, 0.25) is 0 Å². The van der Waals surface area contributed by atoms with Crippen molar-refractivity contribution in [3.63, 3.8) is 0 Å². The first kappa shape index (κ1) is 13.1. The molecular weight excluding hydrogens is 261 g/mol. The van der Waals surface area contributed by atoms with Gasteiger partial charge in [0, 0.05) is 0 Å². The Labute approximate surface area is 109 Å². The molecule has 0 aliphatic heterocycles. The number of rotatable bonds is 2. The van der Waals surface area contributed by atoms with Crippen LogP contribution in [0.25, 0.3) is 0 Å². The highest BCUT2D eigenvalue weighted by atomic mass is 19.4. The van der Waals surface area contributed by atoms with E-state index >= 15 is 0 Å². The maximum Gasteiger partial charge on any atom is 0.509 e. The van der Waals surface area contributed by atoms with Crippen molar-refractivity contribution in [1.82, 2.24) is 0 Å². The fourth-order valence-electron chi connectivity index (χ4n) is 4.50. The van der Waals surface area contributed by atoms with Crippen molar-refractivity contribution in [3.8, 4) is 0 Å². The first-order valence-corrected chi connectivity index (χ1v) is 6.76. The van der Waals surface area contributed by atoms with Crippen molar-refractivity contribution in [2.45, 2.75) is 50.3 Å². The van der Waals surface area contributed by atoms with Gasteiger partial charge >= 0.3 is 12.3 Å². The Balaban J connectivity index is 1.59. The molecule has 4 bridgehead atoms. The van der Waals surface area contributed by atoms with Gasteiger partial charge in [-0.25, -0.2) is 4.79 Å². The summed E-state index contributed by atoms with van der Waals surface area (Å²) >= 11 is 0. The Hall–Kier alpha value is -0.940. The van der Waals surface area contributed by atoms with Crippen LogP contribution >= 0.6 is 0 Å². The highest BCUT2D eigenvalue weighted by Gasteiger charge is 2.53. The Kier molecular flexibility index (Phi) is 2.94. The van der Waals surface area contributed by atoms with Gasteiger partial charge in [0.15, 0.2) is 6.61 Å². The third kappa shape index (κ3) is 2.82. The SMILES string of the molecule is O=C(OCC(F)(F)F)OC12CC3CC(CC(C3)C1)C2. The van der Waals surface area contributed by atoms with Crippen molar-refractivity contribution in [2.75, 3.05) is 6.61 Å². The van der Waals surface area contributed by atoms with Crippen LogP contribution in [0.5, 0.6) is 0 Å². The van der Waals surface area contributed by atoms with Gasteiger partial charge in [-0.3, -0.25) is 0 Å². The molecule has 0 aromatic carbocycles. The molecule has 108 valence electrons. The lowest BCUT2D eigenvalue weighted by Crippen LogP contribution is -2.52. The predicted molar refractivity (Wildman–Crippen MR) is 59.4 cm³/mol. The Bertz CT molecular complexity index is 343. The van der Waals surface area contributed by atoms with Crippen molar-refractivity contribution in [3.05, 3.63) is 0 Å². The van der Waals surface area contributed by atoms with Crippen molar-refractivity contribution in [1.29, 1.82) is 0 Å². The van der Waals surface area contributed by atoms with Crippen LogP contribution in [0.15, 0.2) is 0 Å². The molecule has 0 aromatic rings. The van der Waals surface area contributed by atoms with Crippen LogP contribution in [0.1, 0.15) is 38.5 Å². The summed E-state index contributed by atoms with van der Waals surface area (Å²) in [7, 11) is 0. The normalized spacial score (nSPS) is 40.3. The van der Waals surface area contributed by atoms with E-state index in [4.69, 9.17) is 4.74 Å². The number of hydrogen-bond donors (Lipinski definition) is 0. The summed E-state index contributed by atoms with van der Waals surface area (Å²) in [6.07, 6.45) is 0.251. The molecule has 3 nitrogen and oxygen atoms in total. The lowest BCUT2D eigenvalue weighted by molar-refractivity contribution is -0.182. The van der Waals surface area contributed by atoms with E-state index < -0.39 is 24.5 Å². The van der Waals surface area contributed by atoms with E-state index in [1.54, 1.807) is 0 Å². The third-order valence-corrected chi connectivity index (χ3v) is 4.64. The second-order valence-corrected chi connectivity index (χ2v) is 6.36. The first-order valence-electron chi connectivity index (χ1n) is 6.76. The van der Waals surface area contributed by atoms with Gasteiger partial charge < -0.3 is 9.47 Å². The molecule has 0 unspecified atom stereocenters. The van der Waals surface area contributed by atoms with E-state index in [0.29, 0.717) is 17.8 Å². The molecular formula is C13H17F3O3.